The Morgan fingerprint density at radius 1 is 1.10 bits per heavy atom. The number of nitrogens with zero attached hydrogens (tertiary/aromatic N) is 3. The molecule has 8 heteroatoms. The molecule has 0 aliphatic rings. The summed E-state index contributed by atoms with van der Waals surface area (Å²) in [5, 5.41) is 0. The lowest BCUT2D eigenvalue weighted by Gasteiger charge is -2.30. The topological polar surface area (TPSA) is 45.6 Å². The lowest BCUT2D eigenvalue weighted by molar-refractivity contribution is -0.137. The predicted octanol–water partition coefficient (Wildman–Crippen LogP) is 4.72. The Hall–Kier alpha value is -2.77. The highest BCUT2D eigenvalue weighted by atomic mass is 19.4. The summed E-state index contributed by atoms with van der Waals surface area (Å²) in [5.41, 5.74) is 0.288. The minimum atomic E-state index is -4.47. The van der Waals surface area contributed by atoms with Crippen LogP contribution in [0.15, 0.2) is 42.6 Å². The Balaban J connectivity index is 2.18. The minimum Gasteiger partial charge on any atom is -0.353 e. The van der Waals surface area contributed by atoms with Crippen LogP contribution in [-0.2, 0) is 24.6 Å². The maximum atomic E-state index is 13.1. The minimum absolute atomic E-state index is 0.122. The largest absolute Gasteiger partial charge is 0.416 e. The quantitative estimate of drug-likeness (QED) is 0.570. The van der Waals surface area contributed by atoms with E-state index in [2.05, 4.69) is 0 Å². The number of benzene rings is 1. The molecule has 1 aromatic heterocycles. The van der Waals surface area contributed by atoms with Gasteiger partial charge in [-0.15, -0.1) is 0 Å². The first-order valence-corrected chi connectivity index (χ1v) is 10.4. The van der Waals surface area contributed by atoms with Crippen LogP contribution in [-0.4, -0.2) is 45.3 Å². The van der Waals surface area contributed by atoms with Crippen LogP contribution in [0.25, 0.3) is 0 Å². The average Bonchev–Trinajstić information content (AvgIpc) is 3.12. The van der Waals surface area contributed by atoms with Crippen molar-refractivity contribution in [1.82, 2.24) is 14.4 Å². The van der Waals surface area contributed by atoms with E-state index in [-0.39, 0.29) is 24.1 Å². The number of carbonyl (C=O) groups is 2. The second kappa shape index (κ2) is 10.5. The molecule has 0 atom stereocenters. The molecule has 0 aliphatic heterocycles. The molecule has 2 amide bonds. The van der Waals surface area contributed by atoms with Gasteiger partial charge in [-0.3, -0.25) is 9.59 Å². The van der Waals surface area contributed by atoms with Gasteiger partial charge in [0.05, 0.1) is 12.1 Å². The Bertz CT molecular complexity index is 873. The van der Waals surface area contributed by atoms with Crippen LogP contribution in [0.1, 0.15) is 55.2 Å². The van der Waals surface area contributed by atoms with E-state index in [1.54, 1.807) is 18.7 Å². The summed E-state index contributed by atoms with van der Waals surface area (Å²) in [5.74, 6) is -0.657. The molecule has 0 saturated carbocycles. The van der Waals surface area contributed by atoms with E-state index in [1.165, 1.54) is 4.90 Å². The number of aromatic nitrogens is 1. The number of carbonyl (C=O) groups excluding carboxylic acids is 2. The highest BCUT2D eigenvalue weighted by molar-refractivity contribution is 5.96. The molecule has 31 heavy (non-hydrogen) atoms. The molecule has 0 saturated heterocycles. The van der Waals surface area contributed by atoms with Crippen LogP contribution in [0.5, 0.6) is 0 Å². The summed E-state index contributed by atoms with van der Waals surface area (Å²) in [4.78, 5) is 29.2. The van der Waals surface area contributed by atoms with Crippen molar-refractivity contribution < 1.29 is 22.8 Å². The van der Waals surface area contributed by atoms with Crippen molar-refractivity contribution in [3.8, 4) is 0 Å². The van der Waals surface area contributed by atoms with Crippen molar-refractivity contribution >= 4 is 11.8 Å². The zero-order valence-electron chi connectivity index (χ0n) is 18.4. The van der Waals surface area contributed by atoms with E-state index in [0.717, 1.165) is 42.8 Å². The summed E-state index contributed by atoms with van der Waals surface area (Å²) >= 11 is 0. The lowest BCUT2D eigenvalue weighted by Crippen LogP contribution is -2.46. The Morgan fingerprint density at radius 3 is 2.23 bits per heavy atom. The fourth-order valence-electron chi connectivity index (χ4n) is 3.20. The van der Waals surface area contributed by atoms with E-state index in [9.17, 15) is 22.8 Å². The van der Waals surface area contributed by atoms with Crippen LogP contribution < -0.4 is 0 Å². The maximum Gasteiger partial charge on any atom is 0.416 e. The van der Waals surface area contributed by atoms with Gasteiger partial charge in [0, 0.05) is 37.1 Å². The summed E-state index contributed by atoms with van der Waals surface area (Å²) < 4.78 is 40.4. The normalized spacial score (nSPS) is 11.6. The van der Waals surface area contributed by atoms with Crippen LogP contribution >= 0.6 is 0 Å². The first-order chi connectivity index (χ1) is 14.5. The van der Waals surface area contributed by atoms with Crippen LogP contribution in [0.3, 0.4) is 0 Å². The SMILES string of the molecule is CCCCN(Cc1cccn1C)C(=O)CN(C(=O)c1ccc(C(F)(F)F)cc1)C(C)C. The molecule has 170 valence electrons. The number of amides is 2. The van der Waals surface area contributed by atoms with Crippen molar-refractivity contribution in [1.29, 1.82) is 0 Å². The van der Waals surface area contributed by atoms with Crippen LogP contribution in [0, 0.1) is 0 Å². The third-order valence-corrected chi connectivity index (χ3v) is 5.19. The monoisotopic (exact) mass is 437 g/mol. The summed E-state index contributed by atoms with van der Waals surface area (Å²) in [6.45, 7) is 6.47. The Labute approximate surface area is 181 Å². The van der Waals surface area contributed by atoms with Crippen molar-refractivity contribution in [3.63, 3.8) is 0 Å². The summed E-state index contributed by atoms with van der Waals surface area (Å²) in [6, 6.07) is 7.65. The van der Waals surface area contributed by atoms with Gasteiger partial charge in [0.25, 0.3) is 5.91 Å². The number of halogens is 3. The lowest BCUT2D eigenvalue weighted by atomic mass is 10.1. The standard InChI is InChI=1S/C23H30F3N3O2/c1-5-6-14-28(15-20-8-7-13-27(20)4)21(30)16-29(17(2)3)22(31)18-9-11-19(12-10-18)23(24,25)26/h7-13,17H,5-6,14-16H2,1-4H3. The van der Waals surface area contributed by atoms with Crippen molar-refractivity contribution in [2.45, 2.75) is 52.4 Å². The third-order valence-electron chi connectivity index (χ3n) is 5.19. The van der Waals surface area contributed by atoms with E-state index >= 15 is 0 Å². The molecular weight excluding hydrogens is 407 g/mol. The van der Waals surface area contributed by atoms with Gasteiger partial charge in [0.1, 0.15) is 6.54 Å². The molecule has 0 aliphatic carbocycles. The summed E-state index contributed by atoms with van der Waals surface area (Å²) in [6.07, 6.45) is -0.793. The second-order valence-corrected chi connectivity index (χ2v) is 7.88. The predicted molar refractivity (Wildman–Crippen MR) is 113 cm³/mol. The molecular formula is C23H30F3N3O2. The van der Waals surface area contributed by atoms with Gasteiger partial charge in [-0.2, -0.15) is 13.2 Å². The number of unbranched alkanes of at least 4 members (excludes halogenated alkanes) is 1. The fourth-order valence-corrected chi connectivity index (χ4v) is 3.20. The van der Waals surface area contributed by atoms with Crippen LogP contribution in [0.4, 0.5) is 13.2 Å². The van der Waals surface area contributed by atoms with Crippen LogP contribution in [0.2, 0.25) is 0 Å². The number of rotatable bonds is 9. The van der Waals surface area contributed by atoms with E-state index in [1.807, 2.05) is 36.9 Å². The Kier molecular flexibility index (Phi) is 8.30. The number of hydrogen-bond acceptors (Lipinski definition) is 2. The van der Waals surface area contributed by atoms with E-state index < -0.39 is 17.6 Å². The molecule has 0 fully saturated rings. The molecule has 5 nitrogen and oxygen atoms in total. The molecule has 2 rings (SSSR count). The first-order valence-electron chi connectivity index (χ1n) is 10.4. The smallest absolute Gasteiger partial charge is 0.353 e. The second-order valence-electron chi connectivity index (χ2n) is 7.88. The van der Waals surface area contributed by atoms with Gasteiger partial charge in [-0.05, 0) is 56.7 Å². The van der Waals surface area contributed by atoms with Gasteiger partial charge in [0.15, 0.2) is 0 Å². The third kappa shape index (κ3) is 6.60. The zero-order chi connectivity index (χ0) is 23.2. The number of alkyl halides is 3. The van der Waals surface area contributed by atoms with Gasteiger partial charge >= 0.3 is 6.18 Å². The van der Waals surface area contributed by atoms with Gasteiger partial charge in [0.2, 0.25) is 5.91 Å². The van der Waals surface area contributed by atoms with E-state index in [4.69, 9.17) is 0 Å². The van der Waals surface area contributed by atoms with Crippen molar-refractivity contribution in [2.75, 3.05) is 13.1 Å². The first kappa shape index (κ1) is 24.5. The Morgan fingerprint density at radius 2 is 1.74 bits per heavy atom. The fraction of sp³-hybridized carbons (Fsp3) is 0.478. The molecule has 0 bridgehead atoms. The van der Waals surface area contributed by atoms with Gasteiger partial charge in [-0.1, -0.05) is 13.3 Å². The van der Waals surface area contributed by atoms with Gasteiger partial charge in [-0.25, -0.2) is 0 Å². The molecule has 2 aromatic rings. The number of hydrogen-bond donors (Lipinski definition) is 0. The highest BCUT2D eigenvalue weighted by Gasteiger charge is 2.31. The molecule has 0 radical (unpaired) electrons. The van der Waals surface area contributed by atoms with Crippen molar-refractivity contribution in [2.24, 2.45) is 7.05 Å². The molecule has 0 spiro atoms. The molecule has 1 aromatic carbocycles. The summed E-state index contributed by atoms with van der Waals surface area (Å²) in [7, 11) is 1.91. The zero-order valence-corrected chi connectivity index (χ0v) is 18.4. The maximum absolute atomic E-state index is 13.1. The molecule has 1 heterocycles. The average molecular weight is 438 g/mol. The molecule has 0 unspecified atom stereocenters. The van der Waals surface area contributed by atoms with E-state index in [0.29, 0.717) is 13.1 Å². The van der Waals surface area contributed by atoms with Gasteiger partial charge < -0.3 is 14.4 Å². The highest BCUT2D eigenvalue weighted by Crippen LogP contribution is 2.29. The number of aryl methyl sites for hydroxylation is 1. The molecule has 0 N–H and O–H groups in total. The van der Waals surface area contributed by atoms with Crippen molar-refractivity contribution in [3.05, 3.63) is 59.4 Å².